The van der Waals surface area contributed by atoms with Crippen LogP contribution in [0.5, 0.6) is 0 Å². The monoisotopic (exact) mass is 342 g/mol. The van der Waals surface area contributed by atoms with Crippen LogP contribution in [0.25, 0.3) is 0 Å². The number of fused-ring (bicyclic) bond motifs is 1. The van der Waals surface area contributed by atoms with Crippen LogP contribution in [-0.2, 0) is 9.47 Å². The maximum absolute atomic E-state index is 6.51. The third-order valence-corrected chi connectivity index (χ3v) is 5.65. The van der Waals surface area contributed by atoms with Crippen molar-refractivity contribution in [1.82, 2.24) is 0 Å². The van der Waals surface area contributed by atoms with Crippen molar-refractivity contribution >= 4 is 27.5 Å². The van der Waals surface area contributed by atoms with Crippen LogP contribution in [0, 0.1) is 24.2 Å². The standard InChI is InChI=1S/C15H16BrClO2/c1-3-5-6-9(17)12-10-7-11-15(18-10)13(12)14(19-11)8(16)4-2/h1,5-6,9-13,15H,4,7H2,2H3/b6-5+,14-8+/t9-,10-,11-,12-,13-,15+/m1/s1. The van der Waals surface area contributed by atoms with Gasteiger partial charge in [-0.25, -0.2) is 0 Å². The topological polar surface area (TPSA) is 18.5 Å². The molecule has 0 aromatic carbocycles. The highest BCUT2D eigenvalue weighted by Gasteiger charge is 2.63. The van der Waals surface area contributed by atoms with E-state index in [2.05, 4.69) is 28.8 Å². The van der Waals surface area contributed by atoms with Crippen LogP contribution in [0.15, 0.2) is 22.4 Å². The first-order chi connectivity index (χ1) is 9.17. The van der Waals surface area contributed by atoms with E-state index in [0.29, 0.717) is 0 Å². The van der Waals surface area contributed by atoms with Crippen molar-refractivity contribution < 1.29 is 9.47 Å². The van der Waals surface area contributed by atoms with Gasteiger partial charge in [-0.2, -0.15) is 0 Å². The van der Waals surface area contributed by atoms with Gasteiger partial charge >= 0.3 is 0 Å². The molecular weight excluding hydrogens is 328 g/mol. The highest BCUT2D eigenvalue weighted by molar-refractivity contribution is 9.11. The van der Waals surface area contributed by atoms with Crippen molar-refractivity contribution in [3.05, 3.63) is 22.4 Å². The summed E-state index contributed by atoms with van der Waals surface area (Å²) in [6.45, 7) is 2.11. The summed E-state index contributed by atoms with van der Waals surface area (Å²) in [5, 5.41) is -0.106. The van der Waals surface area contributed by atoms with Crippen LogP contribution in [0.1, 0.15) is 19.8 Å². The Labute approximate surface area is 127 Å². The number of terminal acetylenes is 1. The van der Waals surface area contributed by atoms with Gasteiger partial charge in [0.1, 0.15) is 18.0 Å². The fourth-order valence-corrected chi connectivity index (χ4v) is 4.25. The molecule has 3 heterocycles. The van der Waals surface area contributed by atoms with Gasteiger partial charge in [0.05, 0.1) is 17.4 Å². The molecule has 0 unspecified atom stereocenters. The normalized spacial score (nSPS) is 43.4. The third-order valence-electron chi connectivity index (χ3n) is 4.26. The molecule has 0 saturated carbocycles. The Bertz CT molecular complexity index is 477. The summed E-state index contributed by atoms with van der Waals surface area (Å²) in [6.07, 6.45) is 11.3. The Morgan fingerprint density at radius 2 is 2.42 bits per heavy atom. The molecular formula is C15H16BrClO2. The zero-order valence-corrected chi connectivity index (χ0v) is 13.0. The second kappa shape index (κ2) is 5.16. The molecule has 2 nitrogen and oxygen atoms in total. The number of allylic oxidation sites excluding steroid dienone is 3. The summed E-state index contributed by atoms with van der Waals surface area (Å²) >= 11 is 10.1. The first kappa shape index (κ1) is 13.5. The summed E-state index contributed by atoms with van der Waals surface area (Å²) in [4.78, 5) is 0. The lowest BCUT2D eigenvalue weighted by atomic mass is 9.77. The minimum atomic E-state index is -0.106. The second-order valence-electron chi connectivity index (χ2n) is 5.23. The van der Waals surface area contributed by atoms with E-state index in [-0.39, 0.29) is 35.5 Å². The molecule has 3 fully saturated rings. The van der Waals surface area contributed by atoms with Gasteiger partial charge < -0.3 is 9.47 Å². The molecule has 0 amide bonds. The molecule has 102 valence electrons. The highest BCUT2D eigenvalue weighted by Crippen LogP contribution is 2.56. The molecule has 0 aliphatic carbocycles. The molecule has 3 saturated heterocycles. The van der Waals surface area contributed by atoms with Gasteiger partial charge in [0.15, 0.2) is 0 Å². The van der Waals surface area contributed by atoms with Crippen molar-refractivity contribution in [3.8, 4) is 12.3 Å². The Morgan fingerprint density at radius 1 is 1.63 bits per heavy atom. The van der Waals surface area contributed by atoms with Crippen LogP contribution in [-0.4, -0.2) is 23.7 Å². The first-order valence-electron chi connectivity index (χ1n) is 6.64. The van der Waals surface area contributed by atoms with Crippen LogP contribution >= 0.6 is 27.5 Å². The SMILES string of the molecule is C#C/C=C/[C@@H](Cl)[C@H]1[C@@H]2/C(=C(\Br)CC)O[C@@H]3C[C@H]1O[C@H]23. The van der Waals surface area contributed by atoms with E-state index < -0.39 is 0 Å². The summed E-state index contributed by atoms with van der Waals surface area (Å²) in [7, 11) is 0. The fourth-order valence-electron chi connectivity index (χ4n) is 3.50. The third kappa shape index (κ3) is 2.05. The molecule has 0 N–H and O–H groups in total. The van der Waals surface area contributed by atoms with Crippen molar-refractivity contribution in [3.63, 3.8) is 0 Å². The summed E-state index contributed by atoms with van der Waals surface area (Å²) in [5.41, 5.74) is 0. The van der Waals surface area contributed by atoms with Gasteiger partial charge in [-0.1, -0.05) is 34.9 Å². The minimum Gasteiger partial charge on any atom is -0.491 e. The van der Waals surface area contributed by atoms with Crippen LogP contribution in [0.3, 0.4) is 0 Å². The first-order valence-corrected chi connectivity index (χ1v) is 7.87. The lowest BCUT2D eigenvalue weighted by Crippen LogP contribution is -2.34. The summed E-state index contributed by atoms with van der Waals surface area (Å²) < 4.78 is 13.2. The largest absolute Gasteiger partial charge is 0.491 e. The van der Waals surface area contributed by atoms with Crippen LogP contribution in [0.2, 0.25) is 0 Å². The Hall–Kier alpha value is -0.430. The predicted octanol–water partition coefficient (Wildman–Crippen LogP) is 3.60. The summed E-state index contributed by atoms with van der Waals surface area (Å²) in [5.74, 6) is 4.06. The van der Waals surface area contributed by atoms with E-state index in [1.54, 1.807) is 6.08 Å². The molecule has 0 aromatic rings. The fraction of sp³-hybridized carbons (Fsp3) is 0.600. The molecule has 2 bridgehead atoms. The second-order valence-corrected chi connectivity index (χ2v) is 6.69. The van der Waals surface area contributed by atoms with Crippen molar-refractivity contribution in [2.45, 2.75) is 43.5 Å². The van der Waals surface area contributed by atoms with E-state index in [1.807, 2.05) is 6.08 Å². The molecule has 3 aliphatic heterocycles. The number of hydrogen-bond acceptors (Lipinski definition) is 2. The molecule has 0 aromatic heterocycles. The smallest absolute Gasteiger partial charge is 0.128 e. The lowest BCUT2D eigenvalue weighted by molar-refractivity contribution is 0.0690. The van der Waals surface area contributed by atoms with Crippen molar-refractivity contribution in [2.75, 3.05) is 0 Å². The predicted molar refractivity (Wildman–Crippen MR) is 79.0 cm³/mol. The van der Waals surface area contributed by atoms with E-state index in [9.17, 15) is 0 Å². The molecule has 3 rings (SSSR count). The van der Waals surface area contributed by atoms with Gasteiger partial charge in [0.2, 0.25) is 0 Å². The lowest BCUT2D eigenvalue weighted by Gasteiger charge is -2.25. The molecule has 6 atom stereocenters. The van der Waals surface area contributed by atoms with Gasteiger partial charge in [-0.05, 0) is 12.5 Å². The van der Waals surface area contributed by atoms with Crippen molar-refractivity contribution in [1.29, 1.82) is 0 Å². The van der Waals surface area contributed by atoms with Crippen molar-refractivity contribution in [2.24, 2.45) is 11.8 Å². The molecule has 4 heteroatoms. The van der Waals surface area contributed by atoms with E-state index >= 15 is 0 Å². The van der Waals surface area contributed by atoms with Gasteiger partial charge in [-0.15, -0.1) is 18.0 Å². The molecule has 0 radical (unpaired) electrons. The molecule has 3 aliphatic rings. The zero-order chi connectivity index (χ0) is 13.6. The highest BCUT2D eigenvalue weighted by atomic mass is 79.9. The number of ether oxygens (including phenoxy) is 2. The van der Waals surface area contributed by atoms with E-state index in [4.69, 9.17) is 27.5 Å². The average molecular weight is 344 g/mol. The number of alkyl halides is 1. The Balaban J connectivity index is 1.91. The average Bonchev–Trinajstić information content (AvgIpc) is 3.02. The summed E-state index contributed by atoms with van der Waals surface area (Å²) in [6, 6.07) is 0. The van der Waals surface area contributed by atoms with Gasteiger partial charge in [0.25, 0.3) is 0 Å². The van der Waals surface area contributed by atoms with Gasteiger partial charge in [-0.3, -0.25) is 0 Å². The Morgan fingerprint density at radius 3 is 3.11 bits per heavy atom. The number of halogens is 2. The van der Waals surface area contributed by atoms with E-state index in [0.717, 1.165) is 23.1 Å². The van der Waals surface area contributed by atoms with E-state index in [1.165, 1.54) is 0 Å². The van der Waals surface area contributed by atoms with Crippen LogP contribution in [0.4, 0.5) is 0 Å². The van der Waals surface area contributed by atoms with Gasteiger partial charge in [0, 0.05) is 16.8 Å². The molecule has 0 spiro atoms. The maximum Gasteiger partial charge on any atom is 0.128 e. The quantitative estimate of drug-likeness (QED) is 0.576. The minimum absolute atomic E-state index is 0.106. The zero-order valence-electron chi connectivity index (χ0n) is 10.7. The Kier molecular flexibility index (Phi) is 3.68. The van der Waals surface area contributed by atoms with Crippen LogP contribution < -0.4 is 0 Å². The number of hydrogen-bond donors (Lipinski definition) is 0. The molecule has 19 heavy (non-hydrogen) atoms. The maximum atomic E-state index is 6.51. The number of rotatable bonds is 3.